The highest BCUT2D eigenvalue weighted by Gasteiger charge is 2.34. The third kappa shape index (κ3) is 1.87. The number of hydrogen-bond donors (Lipinski definition) is 2. The van der Waals surface area contributed by atoms with Gasteiger partial charge in [0, 0.05) is 37.9 Å². The van der Waals surface area contributed by atoms with Crippen molar-refractivity contribution in [1.82, 2.24) is 10.6 Å². The Morgan fingerprint density at radius 3 is 2.45 bits per heavy atom. The predicted molar refractivity (Wildman–Crippen MR) is 40.9 cm³/mol. The molecule has 0 amide bonds. The molecule has 0 aromatic rings. The first kappa shape index (κ1) is 8.42. The van der Waals surface area contributed by atoms with E-state index in [9.17, 15) is 10.1 Å². The van der Waals surface area contributed by atoms with Gasteiger partial charge in [-0.1, -0.05) is 0 Å². The lowest BCUT2D eigenvalue weighted by atomic mass is 10.1. The number of hydrogen-bond acceptors (Lipinski definition) is 4. The van der Waals surface area contributed by atoms with Gasteiger partial charge >= 0.3 is 0 Å². The van der Waals surface area contributed by atoms with Crippen molar-refractivity contribution >= 4 is 0 Å². The minimum atomic E-state index is -0.993. The monoisotopic (exact) mass is 159 g/mol. The van der Waals surface area contributed by atoms with E-state index in [2.05, 4.69) is 10.6 Å². The fourth-order valence-corrected chi connectivity index (χ4v) is 0.943. The zero-order chi connectivity index (χ0) is 8.48. The Hall–Kier alpha value is -0.680. The Morgan fingerprint density at radius 1 is 1.64 bits per heavy atom. The molecular weight excluding hydrogens is 146 g/mol. The second-order valence-corrected chi connectivity index (χ2v) is 3.32. The predicted octanol–water partition coefficient (Wildman–Crippen LogP) is -0.439. The van der Waals surface area contributed by atoms with Gasteiger partial charge in [0.05, 0.1) is 0 Å². The van der Waals surface area contributed by atoms with Gasteiger partial charge in [-0.25, -0.2) is 5.32 Å². The average Bonchev–Trinajstić information content (AvgIpc) is 1.79. The van der Waals surface area contributed by atoms with Crippen LogP contribution in [0.3, 0.4) is 0 Å². The first-order chi connectivity index (χ1) is 5.02. The number of nitrogens with zero attached hydrogens (tertiary/aromatic N) is 1. The standard InChI is InChI=1S/C6H13N3O2/c1-6(2,9(10)11)8-5-3-7-4-5/h5,7-8H,3-4H2,1-2H3. The summed E-state index contributed by atoms with van der Waals surface area (Å²) in [7, 11) is 0. The van der Waals surface area contributed by atoms with E-state index in [1.165, 1.54) is 0 Å². The van der Waals surface area contributed by atoms with E-state index in [0.717, 1.165) is 13.1 Å². The molecule has 1 aliphatic rings. The molecule has 0 radical (unpaired) electrons. The van der Waals surface area contributed by atoms with Crippen molar-refractivity contribution in [3.8, 4) is 0 Å². The van der Waals surface area contributed by atoms with Crippen LogP contribution >= 0.6 is 0 Å². The van der Waals surface area contributed by atoms with Crippen molar-refractivity contribution in [1.29, 1.82) is 0 Å². The van der Waals surface area contributed by atoms with Crippen molar-refractivity contribution in [3.63, 3.8) is 0 Å². The van der Waals surface area contributed by atoms with Gasteiger partial charge in [-0.05, 0) is 0 Å². The molecule has 1 saturated heterocycles. The van der Waals surface area contributed by atoms with Gasteiger partial charge in [0.2, 0.25) is 0 Å². The van der Waals surface area contributed by atoms with Crippen molar-refractivity contribution in [2.45, 2.75) is 25.6 Å². The zero-order valence-corrected chi connectivity index (χ0v) is 6.76. The maximum Gasteiger partial charge on any atom is 0.269 e. The molecule has 5 nitrogen and oxygen atoms in total. The van der Waals surface area contributed by atoms with Gasteiger partial charge in [-0.2, -0.15) is 0 Å². The quantitative estimate of drug-likeness (QED) is 0.333. The fourth-order valence-electron chi connectivity index (χ4n) is 0.943. The summed E-state index contributed by atoms with van der Waals surface area (Å²) in [5, 5.41) is 16.4. The molecule has 0 aliphatic carbocycles. The van der Waals surface area contributed by atoms with Gasteiger partial charge in [0.15, 0.2) is 0 Å². The van der Waals surface area contributed by atoms with Crippen LogP contribution in [0.15, 0.2) is 0 Å². The molecule has 1 aliphatic heterocycles. The number of nitrogens with one attached hydrogen (secondary N) is 2. The van der Waals surface area contributed by atoms with Crippen LogP contribution in [0.25, 0.3) is 0 Å². The largest absolute Gasteiger partial charge is 0.314 e. The Balaban J connectivity index is 2.38. The normalized spacial score (nSPS) is 19.5. The van der Waals surface area contributed by atoms with Crippen molar-refractivity contribution in [2.24, 2.45) is 0 Å². The average molecular weight is 159 g/mol. The molecule has 0 bridgehead atoms. The highest BCUT2D eigenvalue weighted by molar-refractivity contribution is 4.84. The molecular formula is C6H13N3O2. The van der Waals surface area contributed by atoms with E-state index >= 15 is 0 Å². The second-order valence-electron chi connectivity index (χ2n) is 3.32. The molecule has 1 rings (SSSR count). The number of nitro groups is 1. The minimum absolute atomic E-state index is 0.260. The van der Waals surface area contributed by atoms with Gasteiger partial charge in [0.25, 0.3) is 5.66 Å². The van der Waals surface area contributed by atoms with Gasteiger partial charge in [0.1, 0.15) is 0 Å². The Kier molecular flexibility index (Phi) is 2.10. The van der Waals surface area contributed by atoms with E-state index < -0.39 is 5.66 Å². The highest BCUT2D eigenvalue weighted by atomic mass is 16.6. The molecule has 64 valence electrons. The zero-order valence-electron chi connectivity index (χ0n) is 6.76. The maximum atomic E-state index is 10.4. The summed E-state index contributed by atoms with van der Waals surface area (Å²) < 4.78 is 0. The lowest BCUT2D eigenvalue weighted by Gasteiger charge is -2.32. The molecule has 0 aromatic heterocycles. The van der Waals surface area contributed by atoms with Crippen molar-refractivity contribution < 1.29 is 4.92 Å². The highest BCUT2D eigenvalue weighted by Crippen LogP contribution is 2.05. The molecule has 1 fully saturated rings. The SMILES string of the molecule is CC(C)(NC1CNC1)[N+](=O)[O-]. The lowest BCUT2D eigenvalue weighted by molar-refractivity contribution is -0.569. The van der Waals surface area contributed by atoms with E-state index in [1.54, 1.807) is 13.8 Å². The van der Waals surface area contributed by atoms with E-state index in [1.807, 2.05) is 0 Å². The van der Waals surface area contributed by atoms with Crippen molar-refractivity contribution in [3.05, 3.63) is 10.1 Å². The molecule has 5 heteroatoms. The first-order valence-electron chi connectivity index (χ1n) is 3.65. The molecule has 0 unspecified atom stereocenters. The van der Waals surface area contributed by atoms with Crippen molar-refractivity contribution in [2.75, 3.05) is 13.1 Å². The summed E-state index contributed by atoms with van der Waals surface area (Å²) in [5.41, 5.74) is -0.993. The Morgan fingerprint density at radius 2 is 2.18 bits per heavy atom. The smallest absolute Gasteiger partial charge is 0.269 e. The molecule has 0 aromatic carbocycles. The first-order valence-corrected chi connectivity index (χ1v) is 3.65. The van der Waals surface area contributed by atoms with Crippen LogP contribution < -0.4 is 10.6 Å². The van der Waals surface area contributed by atoms with Crippen LogP contribution in [0.2, 0.25) is 0 Å². The molecule has 0 saturated carbocycles. The minimum Gasteiger partial charge on any atom is -0.314 e. The molecule has 0 spiro atoms. The van der Waals surface area contributed by atoms with E-state index in [0.29, 0.717) is 0 Å². The van der Waals surface area contributed by atoms with Crippen LogP contribution in [0.4, 0.5) is 0 Å². The molecule has 11 heavy (non-hydrogen) atoms. The third-order valence-corrected chi connectivity index (χ3v) is 1.80. The fraction of sp³-hybridized carbons (Fsp3) is 1.00. The van der Waals surface area contributed by atoms with Crippen LogP contribution in [0.1, 0.15) is 13.8 Å². The van der Waals surface area contributed by atoms with E-state index in [-0.39, 0.29) is 11.0 Å². The summed E-state index contributed by atoms with van der Waals surface area (Å²) in [6.07, 6.45) is 0. The van der Waals surface area contributed by atoms with E-state index in [4.69, 9.17) is 0 Å². The Bertz CT molecular complexity index is 165. The summed E-state index contributed by atoms with van der Waals surface area (Å²) in [6, 6.07) is 0.260. The van der Waals surface area contributed by atoms with Crippen LogP contribution in [-0.4, -0.2) is 29.7 Å². The van der Waals surface area contributed by atoms with Crippen LogP contribution in [-0.2, 0) is 0 Å². The van der Waals surface area contributed by atoms with Crippen LogP contribution in [0, 0.1) is 10.1 Å². The van der Waals surface area contributed by atoms with Gasteiger partial charge < -0.3 is 5.32 Å². The summed E-state index contributed by atoms with van der Waals surface area (Å²) in [6.45, 7) is 4.81. The molecule has 0 atom stereocenters. The summed E-state index contributed by atoms with van der Waals surface area (Å²) in [5.74, 6) is 0. The number of rotatable bonds is 3. The van der Waals surface area contributed by atoms with Gasteiger partial charge in [-0.3, -0.25) is 10.1 Å². The maximum absolute atomic E-state index is 10.4. The lowest BCUT2D eigenvalue weighted by Crippen LogP contribution is -2.63. The summed E-state index contributed by atoms with van der Waals surface area (Å²) in [4.78, 5) is 10.1. The van der Waals surface area contributed by atoms with Crippen LogP contribution in [0.5, 0.6) is 0 Å². The molecule has 1 heterocycles. The van der Waals surface area contributed by atoms with Gasteiger partial charge in [-0.15, -0.1) is 0 Å². The molecule has 2 N–H and O–H groups in total. The summed E-state index contributed by atoms with van der Waals surface area (Å²) >= 11 is 0. The second kappa shape index (κ2) is 2.75. The third-order valence-electron chi connectivity index (χ3n) is 1.80. The topological polar surface area (TPSA) is 67.2 Å². The Labute approximate surface area is 65.3 Å².